The second kappa shape index (κ2) is 18.9. The minimum Gasteiger partial charge on any atom is -0.363 e. The molecule has 1 fully saturated rings. The Morgan fingerprint density at radius 2 is 1.64 bits per heavy atom. The number of amides is 5. The van der Waals surface area contributed by atoms with Crippen LogP contribution < -0.4 is 21.7 Å². The van der Waals surface area contributed by atoms with Crippen LogP contribution in [-0.2, 0) is 19.2 Å². The molecule has 1 aromatic heterocycles. The number of urea groups is 1. The average molecular weight is 621 g/mol. The average Bonchev–Trinajstić information content (AvgIpc) is 3.58. The van der Waals surface area contributed by atoms with Gasteiger partial charge in [-0.15, -0.1) is 0 Å². The van der Waals surface area contributed by atoms with Gasteiger partial charge < -0.3 is 31.6 Å². The van der Waals surface area contributed by atoms with Gasteiger partial charge in [0.05, 0.1) is 17.8 Å². The lowest BCUT2D eigenvalue weighted by molar-refractivity contribution is -0.137. The van der Waals surface area contributed by atoms with Crippen molar-refractivity contribution in [1.29, 1.82) is 0 Å². The summed E-state index contributed by atoms with van der Waals surface area (Å²) in [6.07, 6.45) is 4.29. The number of hydrogen-bond acceptors (Lipinski definition) is 6. The summed E-state index contributed by atoms with van der Waals surface area (Å²) < 4.78 is 0. The number of nitrogens with one attached hydrogen (secondary N) is 4. The predicted molar refractivity (Wildman–Crippen MR) is 172 cm³/mol. The van der Waals surface area contributed by atoms with Crippen LogP contribution in [0.5, 0.6) is 0 Å². The molecular weight excluding hydrogens is 564 g/mol. The summed E-state index contributed by atoms with van der Waals surface area (Å²) in [5.74, 6) is -0.849. The highest BCUT2D eigenvalue weighted by Crippen LogP contribution is 2.27. The van der Waals surface area contributed by atoms with Gasteiger partial charge in [-0.1, -0.05) is 68.7 Å². The molecule has 0 aliphatic carbocycles. The number of ketones is 2. The van der Waals surface area contributed by atoms with Crippen LogP contribution in [0.4, 0.5) is 4.79 Å². The van der Waals surface area contributed by atoms with Crippen LogP contribution in [-0.4, -0.2) is 76.4 Å². The first-order valence-corrected chi connectivity index (χ1v) is 15.4. The quantitative estimate of drug-likeness (QED) is 0.143. The first-order chi connectivity index (χ1) is 20.3. The van der Waals surface area contributed by atoms with Crippen LogP contribution in [0.15, 0.2) is 18.3 Å². The highest BCUT2D eigenvalue weighted by Gasteiger charge is 2.40. The minimum absolute atomic E-state index is 0.0682. The van der Waals surface area contributed by atoms with Crippen molar-refractivity contribution < 1.29 is 28.8 Å². The minimum atomic E-state index is -1.04. The first-order valence-electron chi connectivity index (χ1n) is 15.4. The van der Waals surface area contributed by atoms with Gasteiger partial charge >= 0.3 is 6.03 Å². The summed E-state index contributed by atoms with van der Waals surface area (Å²) in [4.78, 5) is 73.9. The lowest BCUT2D eigenvalue weighted by atomic mass is 9.85. The van der Waals surface area contributed by atoms with Gasteiger partial charge in [0.2, 0.25) is 23.9 Å². The Bertz CT molecular complexity index is 1080. The molecule has 250 valence electrons. The highest BCUT2D eigenvalue weighted by atomic mass is 16.2. The number of rotatable bonds is 11. The van der Waals surface area contributed by atoms with E-state index in [0.29, 0.717) is 24.6 Å². The topological polar surface area (TPSA) is 184 Å². The van der Waals surface area contributed by atoms with Crippen molar-refractivity contribution in [1.82, 2.24) is 25.8 Å². The van der Waals surface area contributed by atoms with E-state index in [1.165, 1.54) is 13.3 Å². The molecule has 12 nitrogen and oxygen atoms in total. The molecule has 44 heavy (non-hydrogen) atoms. The summed E-state index contributed by atoms with van der Waals surface area (Å²) in [5, 5.41) is 7.73. The second-order valence-electron chi connectivity index (χ2n) is 13.3. The van der Waals surface area contributed by atoms with Gasteiger partial charge in [0.15, 0.2) is 0 Å². The Morgan fingerprint density at radius 1 is 1.07 bits per heavy atom. The number of primary amides is 1. The van der Waals surface area contributed by atoms with Crippen molar-refractivity contribution in [3.8, 4) is 0 Å². The van der Waals surface area contributed by atoms with Gasteiger partial charge in [-0.25, -0.2) is 4.79 Å². The Morgan fingerprint density at radius 3 is 2.00 bits per heavy atom. The molecule has 0 saturated carbocycles. The van der Waals surface area contributed by atoms with E-state index in [4.69, 9.17) is 0 Å². The van der Waals surface area contributed by atoms with E-state index in [9.17, 15) is 28.8 Å². The lowest BCUT2D eigenvalue weighted by Crippen LogP contribution is -2.59. The normalized spacial score (nSPS) is 18.1. The zero-order valence-corrected chi connectivity index (χ0v) is 28.4. The number of likely N-dealkylation sites (tertiary alicyclic amines) is 1. The molecule has 0 spiro atoms. The molecule has 12 heteroatoms. The van der Waals surface area contributed by atoms with E-state index in [-0.39, 0.29) is 23.7 Å². The second-order valence-corrected chi connectivity index (χ2v) is 13.3. The molecule has 0 bridgehead atoms. The van der Waals surface area contributed by atoms with Crippen LogP contribution in [0.25, 0.3) is 0 Å². The third-order valence-corrected chi connectivity index (χ3v) is 7.33. The molecular formula is C32H56N6O6. The fourth-order valence-electron chi connectivity index (χ4n) is 4.31. The number of nitrogens with zero attached hydrogens (tertiary/aromatic N) is 1. The maximum atomic E-state index is 13.2. The Hall–Kier alpha value is -3.70. The third kappa shape index (κ3) is 13.7. The number of hydrogen-bond donors (Lipinski definition) is 5. The summed E-state index contributed by atoms with van der Waals surface area (Å²) in [6.45, 7) is 22.5. The van der Waals surface area contributed by atoms with Gasteiger partial charge in [-0.3, -0.25) is 24.0 Å². The molecule has 5 amide bonds. The molecule has 2 heterocycles. The van der Waals surface area contributed by atoms with Gasteiger partial charge in [-0.2, -0.15) is 0 Å². The predicted octanol–water partition coefficient (Wildman–Crippen LogP) is 3.42. The van der Waals surface area contributed by atoms with E-state index in [1.807, 2.05) is 46.4 Å². The number of aromatic nitrogens is 1. The monoisotopic (exact) mass is 620 g/mol. The number of aromatic amines is 1. The first kappa shape index (κ1) is 40.3. The van der Waals surface area contributed by atoms with Crippen molar-refractivity contribution >= 4 is 35.8 Å². The van der Waals surface area contributed by atoms with Crippen molar-refractivity contribution in [2.24, 2.45) is 28.9 Å². The van der Waals surface area contributed by atoms with Crippen molar-refractivity contribution in [2.45, 2.75) is 113 Å². The van der Waals surface area contributed by atoms with Crippen LogP contribution in [0.3, 0.4) is 0 Å². The maximum Gasteiger partial charge on any atom is 0.316 e. The number of carbonyl (C=O) groups excluding carboxylic acids is 6. The van der Waals surface area contributed by atoms with E-state index < -0.39 is 41.3 Å². The molecule has 6 N–H and O–H groups in total. The maximum absolute atomic E-state index is 13.2. The largest absolute Gasteiger partial charge is 0.363 e. The fraction of sp³-hybridized carbons (Fsp3) is 0.688. The standard InChI is InChI=1S/C22H36N4O3.C5H8N2O3.C5H12/c1-13(2)17(18(27)16-9-8-10-23-16)24-21(29)25-19(22(5,6)7)20(28)26-12-14(3)11-15(26)4;1-3(7-2-8)4(9)5(6)10;1-4-5(2)3/h8-10,13-15,17,19,23H,11-12H2,1-7H3,(H2,24,25,29);2-3H,1H3,(H2,6,10)(H,7,8);5H,4H2,1-3H3. The van der Waals surface area contributed by atoms with Gasteiger partial charge in [0, 0.05) is 18.8 Å². The molecule has 0 aromatic carbocycles. The molecule has 5 unspecified atom stereocenters. The molecule has 1 aliphatic rings. The Labute approximate surface area is 263 Å². The molecule has 5 atom stereocenters. The zero-order chi connectivity index (χ0) is 34.4. The van der Waals surface area contributed by atoms with Crippen LogP contribution >= 0.6 is 0 Å². The summed E-state index contributed by atoms with van der Waals surface area (Å²) >= 11 is 0. The number of Topliss-reactive ketones (excluding diaryl/α,β-unsaturated/α-hetero) is 2. The summed E-state index contributed by atoms with van der Waals surface area (Å²) in [7, 11) is 0. The van der Waals surface area contributed by atoms with E-state index in [0.717, 1.165) is 12.3 Å². The third-order valence-electron chi connectivity index (χ3n) is 7.33. The van der Waals surface area contributed by atoms with Gasteiger partial charge in [0.1, 0.15) is 6.04 Å². The van der Waals surface area contributed by atoms with Crippen molar-refractivity contribution in [3.05, 3.63) is 24.0 Å². The van der Waals surface area contributed by atoms with E-state index in [1.54, 1.807) is 18.3 Å². The van der Waals surface area contributed by atoms with Crippen molar-refractivity contribution in [2.75, 3.05) is 6.54 Å². The fourth-order valence-corrected chi connectivity index (χ4v) is 4.31. The summed E-state index contributed by atoms with van der Waals surface area (Å²) in [5.41, 5.74) is 4.61. The Balaban J connectivity index is 0.00000102. The number of carbonyl (C=O) groups is 6. The molecule has 1 aromatic rings. The zero-order valence-electron chi connectivity index (χ0n) is 28.4. The van der Waals surface area contributed by atoms with Crippen molar-refractivity contribution in [3.63, 3.8) is 0 Å². The van der Waals surface area contributed by atoms with Crippen LogP contribution in [0.2, 0.25) is 0 Å². The molecule has 1 saturated heterocycles. The summed E-state index contributed by atoms with van der Waals surface area (Å²) in [6, 6.07) is 0.905. The van der Waals surface area contributed by atoms with Gasteiger partial charge in [0.25, 0.3) is 5.91 Å². The number of H-pyrrole nitrogens is 1. The smallest absolute Gasteiger partial charge is 0.316 e. The highest BCUT2D eigenvalue weighted by molar-refractivity contribution is 6.37. The Kier molecular flexibility index (Phi) is 17.3. The van der Waals surface area contributed by atoms with Gasteiger partial charge in [-0.05, 0) is 55.6 Å². The SMILES string of the molecule is CC(NC=O)C(=O)C(N)=O.CC1CC(C)N(C(=O)C(NC(=O)NC(C(=O)c2ccc[nH]2)C(C)C)C(C)(C)C)C1.CCC(C)C. The molecule has 2 rings (SSSR count). The van der Waals surface area contributed by atoms with Crippen LogP contribution in [0, 0.1) is 23.2 Å². The van der Waals surface area contributed by atoms with E-state index >= 15 is 0 Å². The molecule has 0 radical (unpaired) electrons. The van der Waals surface area contributed by atoms with Crippen LogP contribution in [0.1, 0.15) is 99.5 Å². The lowest BCUT2D eigenvalue weighted by Gasteiger charge is -2.35. The van der Waals surface area contributed by atoms with E-state index in [2.05, 4.69) is 54.4 Å². The molecule has 1 aliphatic heterocycles. The number of nitrogens with two attached hydrogens (primary N) is 1.